The van der Waals surface area contributed by atoms with Gasteiger partial charge < -0.3 is 10.6 Å². The van der Waals surface area contributed by atoms with Crippen LogP contribution in [0.25, 0.3) is 0 Å². The molecular weight excluding hydrogens is 268 g/mol. The van der Waals surface area contributed by atoms with E-state index in [2.05, 4.69) is 22.8 Å². The zero-order chi connectivity index (χ0) is 13.8. The van der Waals surface area contributed by atoms with Gasteiger partial charge in [0.25, 0.3) is 0 Å². The lowest BCUT2D eigenvalue weighted by Gasteiger charge is -2.33. The summed E-state index contributed by atoms with van der Waals surface area (Å²) < 4.78 is 0. The summed E-state index contributed by atoms with van der Waals surface area (Å²) in [6, 6.07) is 9.61. The minimum atomic E-state index is 0.671. The van der Waals surface area contributed by atoms with Gasteiger partial charge in [-0.15, -0.1) is 0 Å². The molecule has 2 N–H and O–H groups in total. The first-order valence-electron chi connectivity index (χ1n) is 8.04. The molecule has 1 saturated heterocycles. The van der Waals surface area contributed by atoms with Crippen molar-refractivity contribution in [2.24, 2.45) is 5.92 Å². The van der Waals surface area contributed by atoms with Gasteiger partial charge in [0.2, 0.25) is 0 Å². The van der Waals surface area contributed by atoms with E-state index in [0.717, 1.165) is 23.5 Å². The first-order chi connectivity index (χ1) is 9.83. The number of halogens is 1. The summed E-state index contributed by atoms with van der Waals surface area (Å²) in [5.41, 5.74) is 1.29. The summed E-state index contributed by atoms with van der Waals surface area (Å²) in [4.78, 5) is 0. The Morgan fingerprint density at radius 1 is 1.15 bits per heavy atom. The van der Waals surface area contributed by atoms with Crippen LogP contribution in [0.2, 0.25) is 5.02 Å². The molecule has 0 radical (unpaired) electrons. The highest BCUT2D eigenvalue weighted by molar-refractivity contribution is 6.30. The van der Waals surface area contributed by atoms with E-state index in [9.17, 15) is 0 Å². The van der Waals surface area contributed by atoms with Crippen LogP contribution in [-0.2, 0) is 6.54 Å². The van der Waals surface area contributed by atoms with Crippen LogP contribution in [-0.4, -0.2) is 18.6 Å². The van der Waals surface area contributed by atoms with Gasteiger partial charge in [-0.3, -0.25) is 0 Å². The minimum absolute atomic E-state index is 0.671. The molecule has 1 aliphatic heterocycles. The van der Waals surface area contributed by atoms with E-state index in [4.69, 9.17) is 11.6 Å². The molecule has 110 valence electrons. The molecule has 0 aromatic heterocycles. The third-order valence-electron chi connectivity index (χ3n) is 4.89. The van der Waals surface area contributed by atoms with Crippen LogP contribution in [0.15, 0.2) is 24.3 Å². The lowest BCUT2D eigenvalue weighted by atomic mass is 9.88. The minimum Gasteiger partial charge on any atom is -0.314 e. The van der Waals surface area contributed by atoms with E-state index >= 15 is 0 Å². The van der Waals surface area contributed by atoms with Crippen molar-refractivity contribution in [3.05, 3.63) is 34.9 Å². The molecule has 1 aliphatic carbocycles. The highest BCUT2D eigenvalue weighted by atomic mass is 35.5. The summed E-state index contributed by atoms with van der Waals surface area (Å²) in [6.45, 7) is 2.15. The first kappa shape index (κ1) is 14.4. The van der Waals surface area contributed by atoms with Crippen molar-refractivity contribution in [2.75, 3.05) is 6.54 Å². The van der Waals surface area contributed by atoms with Crippen LogP contribution in [0.5, 0.6) is 0 Å². The third kappa shape index (κ3) is 3.55. The Bertz CT molecular complexity index is 429. The van der Waals surface area contributed by atoms with Crippen LogP contribution >= 0.6 is 11.6 Å². The molecule has 0 bridgehead atoms. The van der Waals surface area contributed by atoms with Crippen LogP contribution < -0.4 is 10.6 Å². The van der Waals surface area contributed by atoms with Gasteiger partial charge in [-0.1, -0.05) is 36.6 Å². The zero-order valence-electron chi connectivity index (χ0n) is 12.1. The van der Waals surface area contributed by atoms with Crippen LogP contribution in [0.1, 0.15) is 44.1 Å². The maximum atomic E-state index is 6.05. The van der Waals surface area contributed by atoms with Gasteiger partial charge in [0, 0.05) is 23.7 Å². The molecule has 20 heavy (non-hydrogen) atoms. The molecule has 1 heterocycles. The summed E-state index contributed by atoms with van der Waals surface area (Å²) >= 11 is 6.05. The first-order valence-corrected chi connectivity index (χ1v) is 8.42. The number of nitrogens with one attached hydrogen (secondary N) is 2. The third-order valence-corrected chi connectivity index (χ3v) is 5.13. The van der Waals surface area contributed by atoms with E-state index < -0.39 is 0 Å². The van der Waals surface area contributed by atoms with E-state index in [1.54, 1.807) is 0 Å². The Morgan fingerprint density at radius 2 is 2.10 bits per heavy atom. The molecule has 2 aliphatic rings. The Hall–Kier alpha value is -0.570. The van der Waals surface area contributed by atoms with Gasteiger partial charge in [-0.25, -0.2) is 0 Å². The quantitative estimate of drug-likeness (QED) is 0.883. The molecular formula is C17H25ClN2. The predicted molar refractivity (Wildman–Crippen MR) is 85.1 cm³/mol. The topological polar surface area (TPSA) is 24.1 Å². The maximum Gasteiger partial charge on any atom is 0.0409 e. The Labute approximate surface area is 127 Å². The molecule has 2 nitrogen and oxygen atoms in total. The molecule has 3 atom stereocenters. The average molecular weight is 293 g/mol. The summed E-state index contributed by atoms with van der Waals surface area (Å²) in [7, 11) is 0. The zero-order valence-corrected chi connectivity index (χ0v) is 12.8. The van der Waals surface area contributed by atoms with Gasteiger partial charge in [-0.2, -0.15) is 0 Å². The number of benzene rings is 1. The molecule has 1 aromatic rings. The van der Waals surface area contributed by atoms with Crippen molar-refractivity contribution in [1.29, 1.82) is 0 Å². The molecule has 0 spiro atoms. The SMILES string of the molecule is Clc1cccc(CNC2CCCC2C2CCCCN2)c1. The van der Waals surface area contributed by atoms with Crippen LogP contribution in [0.3, 0.4) is 0 Å². The molecule has 3 rings (SSSR count). The Kier molecular flexibility index (Phi) is 4.98. The van der Waals surface area contributed by atoms with Gasteiger partial charge >= 0.3 is 0 Å². The molecule has 2 fully saturated rings. The highest BCUT2D eigenvalue weighted by Crippen LogP contribution is 2.32. The summed E-state index contributed by atoms with van der Waals surface area (Å²) in [6.07, 6.45) is 8.18. The highest BCUT2D eigenvalue weighted by Gasteiger charge is 2.33. The van der Waals surface area contributed by atoms with Crippen LogP contribution in [0, 0.1) is 5.92 Å². The number of hydrogen-bond acceptors (Lipinski definition) is 2. The van der Waals surface area contributed by atoms with E-state index in [1.807, 2.05) is 12.1 Å². The van der Waals surface area contributed by atoms with E-state index in [0.29, 0.717) is 6.04 Å². The van der Waals surface area contributed by atoms with E-state index in [1.165, 1.54) is 50.6 Å². The number of rotatable bonds is 4. The summed E-state index contributed by atoms with van der Waals surface area (Å²) in [5.74, 6) is 0.814. The lowest BCUT2D eigenvalue weighted by molar-refractivity contribution is 0.257. The molecule has 0 amide bonds. The fourth-order valence-corrected chi connectivity index (χ4v) is 4.08. The van der Waals surface area contributed by atoms with Crippen molar-refractivity contribution < 1.29 is 0 Å². The second-order valence-corrected chi connectivity index (χ2v) is 6.70. The predicted octanol–water partition coefficient (Wildman–Crippen LogP) is 3.74. The fraction of sp³-hybridized carbons (Fsp3) is 0.647. The smallest absolute Gasteiger partial charge is 0.0409 e. The average Bonchev–Trinajstić information content (AvgIpc) is 2.95. The van der Waals surface area contributed by atoms with Crippen molar-refractivity contribution >= 4 is 11.6 Å². The second-order valence-electron chi connectivity index (χ2n) is 6.27. The standard InChI is InChI=1S/C17H25ClN2/c18-14-6-3-5-13(11-14)12-20-17-9-4-7-15(17)16-8-1-2-10-19-16/h3,5-6,11,15-17,19-20H,1-2,4,7-10,12H2. The normalized spacial score (nSPS) is 30.6. The van der Waals surface area contributed by atoms with Gasteiger partial charge in [0.15, 0.2) is 0 Å². The van der Waals surface area contributed by atoms with Gasteiger partial charge in [-0.05, 0) is 55.8 Å². The number of piperidine rings is 1. The Balaban J connectivity index is 1.55. The van der Waals surface area contributed by atoms with Crippen molar-refractivity contribution in [3.8, 4) is 0 Å². The second kappa shape index (κ2) is 6.93. The van der Waals surface area contributed by atoms with Crippen molar-refractivity contribution in [3.63, 3.8) is 0 Å². The van der Waals surface area contributed by atoms with Crippen molar-refractivity contribution in [1.82, 2.24) is 10.6 Å². The molecule has 1 saturated carbocycles. The van der Waals surface area contributed by atoms with Gasteiger partial charge in [0.1, 0.15) is 0 Å². The molecule has 3 heteroatoms. The monoisotopic (exact) mass is 292 g/mol. The van der Waals surface area contributed by atoms with Crippen LogP contribution in [0.4, 0.5) is 0 Å². The summed E-state index contributed by atoms with van der Waals surface area (Å²) in [5, 5.41) is 8.35. The number of hydrogen-bond donors (Lipinski definition) is 2. The molecule has 3 unspecified atom stereocenters. The Morgan fingerprint density at radius 3 is 2.90 bits per heavy atom. The van der Waals surface area contributed by atoms with Crippen molar-refractivity contribution in [2.45, 2.75) is 57.2 Å². The van der Waals surface area contributed by atoms with E-state index in [-0.39, 0.29) is 0 Å². The fourth-order valence-electron chi connectivity index (χ4n) is 3.86. The maximum absolute atomic E-state index is 6.05. The van der Waals surface area contributed by atoms with Gasteiger partial charge in [0.05, 0.1) is 0 Å². The molecule has 1 aromatic carbocycles. The largest absolute Gasteiger partial charge is 0.314 e. The lowest BCUT2D eigenvalue weighted by Crippen LogP contribution is -2.46.